The molecule has 8 heteroatoms. The fourth-order valence-electron chi connectivity index (χ4n) is 1.71. The van der Waals surface area contributed by atoms with Gasteiger partial charge in [-0.2, -0.15) is 8.42 Å². The van der Waals surface area contributed by atoms with E-state index in [1.807, 2.05) is 0 Å². The molecule has 0 aliphatic carbocycles. The van der Waals surface area contributed by atoms with Gasteiger partial charge in [-0.25, -0.2) is 9.68 Å². The molecule has 1 N–H and O–H groups in total. The second-order valence-corrected chi connectivity index (χ2v) is 7.12. The van der Waals surface area contributed by atoms with E-state index in [0.717, 1.165) is 25.9 Å². The van der Waals surface area contributed by atoms with Crippen molar-refractivity contribution in [2.24, 2.45) is 5.92 Å². The molecule has 0 spiro atoms. The molecule has 0 bridgehead atoms. The fourth-order valence-corrected chi connectivity index (χ4v) is 2.84. The molecule has 0 aromatic rings. The molecule has 0 aromatic heterocycles. The van der Waals surface area contributed by atoms with Gasteiger partial charge in [-0.1, -0.05) is 0 Å². The molecule has 1 rings (SSSR count). The first-order chi connectivity index (χ1) is 8.68. The molecule has 0 unspecified atom stereocenters. The largest absolute Gasteiger partial charge is 0.542 e. The second kappa shape index (κ2) is 6.53. The molecular formula is C11H21NO6S. The number of ether oxygens (including phenoxy) is 1. The van der Waals surface area contributed by atoms with Crippen LogP contribution < -0.4 is 5.32 Å². The van der Waals surface area contributed by atoms with E-state index in [4.69, 9.17) is 4.74 Å². The van der Waals surface area contributed by atoms with Crippen LogP contribution >= 0.6 is 0 Å². The van der Waals surface area contributed by atoms with Gasteiger partial charge in [-0.15, -0.1) is 0 Å². The molecule has 112 valence electrons. The first-order valence-corrected chi connectivity index (χ1v) is 7.78. The standard InChI is InChI=1S/C11H21NO6S/c1-11(2,3)16-10(13)17-18-19(14,15)8-9-4-6-12-7-5-9/h9,12H,4-8H2,1-3H3. The lowest BCUT2D eigenvalue weighted by Crippen LogP contribution is -2.32. The Hall–Kier alpha value is -0.860. The van der Waals surface area contributed by atoms with Crippen LogP contribution in [-0.4, -0.2) is 39.0 Å². The molecule has 0 atom stereocenters. The number of piperidine rings is 1. The average Bonchev–Trinajstić information content (AvgIpc) is 2.25. The SMILES string of the molecule is CC(C)(C)OC(=O)OOS(=O)(=O)CC1CCNCC1. The lowest BCUT2D eigenvalue weighted by molar-refractivity contribution is -0.175. The second-order valence-electron chi connectivity index (χ2n) is 5.53. The Labute approximate surface area is 113 Å². The van der Waals surface area contributed by atoms with Gasteiger partial charge in [0, 0.05) is 0 Å². The van der Waals surface area contributed by atoms with Crippen molar-refractivity contribution in [3.63, 3.8) is 0 Å². The third-order valence-electron chi connectivity index (χ3n) is 2.49. The summed E-state index contributed by atoms with van der Waals surface area (Å²) in [5, 5.41) is 3.14. The molecular weight excluding hydrogens is 274 g/mol. The maximum atomic E-state index is 11.6. The summed E-state index contributed by atoms with van der Waals surface area (Å²) in [6.07, 6.45) is 0.353. The first-order valence-electron chi connectivity index (χ1n) is 6.20. The van der Waals surface area contributed by atoms with Crippen LogP contribution in [0.2, 0.25) is 0 Å². The molecule has 0 aromatic carbocycles. The van der Waals surface area contributed by atoms with Crippen LogP contribution in [0.3, 0.4) is 0 Å². The van der Waals surface area contributed by atoms with E-state index in [0.29, 0.717) is 0 Å². The Bertz CT molecular complexity index is 394. The summed E-state index contributed by atoms with van der Waals surface area (Å²) in [6, 6.07) is 0. The predicted molar refractivity (Wildman–Crippen MR) is 67.8 cm³/mol. The van der Waals surface area contributed by atoms with Crippen LogP contribution in [0, 0.1) is 5.92 Å². The van der Waals surface area contributed by atoms with Crippen LogP contribution in [-0.2, 0) is 24.1 Å². The van der Waals surface area contributed by atoms with Crippen LogP contribution in [0.4, 0.5) is 4.79 Å². The summed E-state index contributed by atoms with van der Waals surface area (Å²) in [5.41, 5.74) is -0.765. The van der Waals surface area contributed by atoms with E-state index in [2.05, 4.69) is 14.5 Å². The molecule has 1 heterocycles. The van der Waals surface area contributed by atoms with E-state index in [1.165, 1.54) is 0 Å². The van der Waals surface area contributed by atoms with Crippen molar-refractivity contribution in [1.82, 2.24) is 5.32 Å². The summed E-state index contributed by atoms with van der Waals surface area (Å²) in [4.78, 5) is 15.3. The highest BCUT2D eigenvalue weighted by Crippen LogP contribution is 2.16. The highest BCUT2D eigenvalue weighted by atomic mass is 32.2. The van der Waals surface area contributed by atoms with Gasteiger partial charge in [-0.3, -0.25) is 0 Å². The predicted octanol–water partition coefficient (Wildman–Crippen LogP) is 1.20. The van der Waals surface area contributed by atoms with Crippen LogP contribution in [0.1, 0.15) is 33.6 Å². The van der Waals surface area contributed by atoms with Gasteiger partial charge in [0.2, 0.25) is 0 Å². The smallest absolute Gasteiger partial charge is 0.427 e. The van der Waals surface area contributed by atoms with Gasteiger partial charge >= 0.3 is 16.3 Å². The molecule has 0 radical (unpaired) electrons. The van der Waals surface area contributed by atoms with Crippen LogP contribution in [0.25, 0.3) is 0 Å². The van der Waals surface area contributed by atoms with Crippen LogP contribution in [0.15, 0.2) is 0 Å². The van der Waals surface area contributed by atoms with Crippen molar-refractivity contribution >= 4 is 16.3 Å². The summed E-state index contributed by atoms with van der Waals surface area (Å²) in [5.74, 6) is -0.134. The Morgan fingerprint density at radius 3 is 2.37 bits per heavy atom. The zero-order valence-electron chi connectivity index (χ0n) is 11.5. The lowest BCUT2D eigenvalue weighted by atomic mass is 10.0. The van der Waals surface area contributed by atoms with E-state index in [1.54, 1.807) is 20.8 Å². The van der Waals surface area contributed by atoms with Crippen molar-refractivity contribution in [2.75, 3.05) is 18.8 Å². The molecule has 1 aliphatic rings. The van der Waals surface area contributed by atoms with Crippen molar-refractivity contribution < 1.29 is 27.2 Å². The third-order valence-corrected chi connectivity index (χ3v) is 3.65. The van der Waals surface area contributed by atoms with Gasteiger partial charge in [0.15, 0.2) is 0 Å². The maximum absolute atomic E-state index is 11.6. The Morgan fingerprint density at radius 2 is 1.84 bits per heavy atom. The molecule has 19 heavy (non-hydrogen) atoms. The van der Waals surface area contributed by atoms with Crippen LogP contribution in [0.5, 0.6) is 0 Å². The molecule has 7 nitrogen and oxygen atoms in total. The van der Waals surface area contributed by atoms with Gasteiger partial charge in [0.25, 0.3) is 0 Å². The number of hydrogen-bond acceptors (Lipinski definition) is 7. The number of nitrogens with one attached hydrogen (secondary N) is 1. The minimum absolute atomic E-state index is 0.0217. The Morgan fingerprint density at radius 1 is 1.26 bits per heavy atom. The molecule has 1 saturated heterocycles. The molecule has 1 fully saturated rings. The van der Waals surface area contributed by atoms with Crippen molar-refractivity contribution in [1.29, 1.82) is 0 Å². The fraction of sp³-hybridized carbons (Fsp3) is 0.909. The lowest BCUT2D eigenvalue weighted by Gasteiger charge is -2.21. The van der Waals surface area contributed by atoms with Crippen molar-refractivity contribution in [3.05, 3.63) is 0 Å². The minimum Gasteiger partial charge on any atom is -0.427 e. The van der Waals surface area contributed by atoms with E-state index >= 15 is 0 Å². The highest BCUT2D eigenvalue weighted by molar-refractivity contribution is 7.86. The number of hydrogen-bond donors (Lipinski definition) is 1. The third kappa shape index (κ3) is 7.34. The topological polar surface area (TPSA) is 90.9 Å². The monoisotopic (exact) mass is 295 g/mol. The van der Waals surface area contributed by atoms with E-state index in [-0.39, 0.29) is 11.7 Å². The Balaban J connectivity index is 2.36. The summed E-state index contributed by atoms with van der Waals surface area (Å²) < 4.78 is 32.2. The summed E-state index contributed by atoms with van der Waals surface area (Å²) in [6.45, 7) is 6.48. The van der Waals surface area contributed by atoms with E-state index < -0.39 is 21.9 Å². The number of carbonyl (C=O) groups excluding carboxylic acids is 1. The summed E-state index contributed by atoms with van der Waals surface area (Å²) >= 11 is 0. The number of rotatable bonds is 4. The summed E-state index contributed by atoms with van der Waals surface area (Å²) in [7, 11) is -3.88. The average molecular weight is 295 g/mol. The molecule has 0 saturated carbocycles. The number of carbonyl (C=O) groups is 1. The quantitative estimate of drug-likeness (QED) is 0.473. The van der Waals surface area contributed by atoms with Gasteiger partial charge in [-0.05, 0) is 57.0 Å². The zero-order valence-corrected chi connectivity index (χ0v) is 12.3. The van der Waals surface area contributed by atoms with E-state index in [9.17, 15) is 13.2 Å². The van der Waals surface area contributed by atoms with Gasteiger partial charge < -0.3 is 10.1 Å². The van der Waals surface area contributed by atoms with Crippen molar-refractivity contribution in [3.8, 4) is 0 Å². The molecule has 1 aliphatic heterocycles. The van der Waals surface area contributed by atoms with Gasteiger partial charge in [0.1, 0.15) is 5.60 Å². The molecule has 0 amide bonds. The highest BCUT2D eigenvalue weighted by Gasteiger charge is 2.25. The minimum atomic E-state index is -3.88. The normalized spacial score (nSPS) is 18.1. The van der Waals surface area contributed by atoms with Crippen molar-refractivity contribution in [2.45, 2.75) is 39.2 Å². The maximum Gasteiger partial charge on any atom is 0.542 e. The Kier molecular flexibility index (Phi) is 5.57. The zero-order chi connectivity index (χ0) is 14.5. The van der Waals surface area contributed by atoms with Gasteiger partial charge in [0.05, 0.1) is 5.75 Å². The first kappa shape index (κ1) is 16.2.